The number of nitrogens with one attached hydrogen (secondary N) is 1. The van der Waals surface area contributed by atoms with Crippen LogP contribution in [0, 0.1) is 0 Å². The first-order valence-corrected chi connectivity index (χ1v) is 13.0. The molecule has 14 nitrogen and oxygen atoms in total. The van der Waals surface area contributed by atoms with Gasteiger partial charge in [-0.3, -0.25) is 14.5 Å². The lowest BCUT2D eigenvalue weighted by Gasteiger charge is -2.49. The Kier molecular flexibility index (Phi) is 8.88. The number of aliphatic carboxylic acids is 1. The van der Waals surface area contributed by atoms with E-state index in [2.05, 4.69) is 31.4 Å². The second kappa shape index (κ2) is 11.7. The fourth-order valence-corrected chi connectivity index (χ4v) is 5.10. The van der Waals surface area contributed by atoms with Crippen molar-refractivity contribution in [2.24, 2.45) is 10.1 Å². The van der Waals surface area contributed by atoms with Crippen molar-refractivity contribution < 1.29 is 33.9 Å². The van der Waals surface area contributed by atoms with Gasteiger partial charge in [0.2, 0.25) is 23.3 Å². The van der Waals surface area contributed by atoms with Crippen LogP contribution in [0.1, 0.15) is 26.6 Å². The van der Waals surface area contributed by atoms with E-state index in [1.165, 1.54) is 24.2 Å². The van der Waals surface area contributed by atoms with Crippen LogP contribution in [-0.4, -0.2) is 104 Å². The number of carbonyl (C=O) groups is 4. The maximum absolute atomic E-state index is 13.2. The average Bonchev–Trinajstić information content (AvgIpc) is 3.30. The fourth-order valence-electron chi connectivity index (χ4n) is 3.24. The van der Waals surface area contributed by atoms with Crippen LogP contribution in [-0.2, 0) is 28.8 Å². The lowest BCUT2D eigenvalue weighted by molar-refractivity contribution is -0.160. The minimum absolute atomic E-state index is 0.136. The number of aliphatic imine (C=N–C) groups is 1. The van der Waals surface area contributed by atoms with Crippen LogP contribution in [0.15, 0.2) is 34.1 Å². The van der Waals surface area contributed by atoms with Crippen LogP contribution < -0.4 is 5.32 Å². The van der Waals surface area contributed by atoms with E-state index in [1.54, 1.807) is 39.8 Å². The van der Waals surface area contributed by atoms with Crippen LogP contribution >= 0.6 is 23.3 Å². The summed E-state index contributed by atoms with van der Waals surface area (Å²) in [6.45, 7) is 8.08. The molecule has 1 aromatic heterocycles. The summed E-state index contributed by atoms with van der Waals surface area (Å²) in [5.74, 6) is -3.28. The molecule has 1 saturated heterocycles. The molecule has 0 aromatic carbocycles. The summed E-state index contributed by atoms with van der Waals surface area (Å²) in [5, 5.41) is 15.5. The second-order valence-electron chi connectivity index (χ2n) is 9.15. The topological polar surface area (TPSA) is 176 Å². The van der Waals surface area contributed by atoms with Gasteiger partial charge in [-0.05, 0) is 26.3 Å². The van der Waals surface area contributed by atoms with Crippen LogP contribution in [0.25, 0.3) is 0 Å². The van der Waals surface area contributed by atoms with Crippen LogP contribution in [0.3, 0.4) is 0 Å². The third kappa shape index (κ3) is 6.74. The number of hydrogen-bond acceptors (Lipinski definition) is 12. The van der Waals surface area contributed by atoms with E-state index in [-0.39, 0.29) is 16.7 Å². The lowest BCUT2D eigenvalue weighted by Crippen LogP contribution is -2.71. The van der Waals surface area contributed by atoms with Gasteiger partial charge < -0.3 is 24.9 Å². The van der Waals surface area contributed by atoms with Crippen LogP contribution in [0.2, 0.25) is 0 Å². The number of esters is 1. The van der Waals surface area contributed by atoms with E-state index in [4.69, 9.17) is 9.57 Å². The molecule has 1 fully saturated rings. The maximum Gasteiger partial charge on any atom is 0.352 e. The van der Waals surface area contributed by atoms with Crippen LogP contribution in [0.5, 0.6) is 0 Å². The zero-order valence-electron chi connectivity index (χ0n) is 21.3. The Bertz CT molecular complexity index is 1230. The molecular weight excluding hydrogens is 538 g/mol. The summed E-state index contributed by atoms with van der Waals surface area (Å²) in [7, 11) is 3.53. The van der Waals surface area contributed by atoms with E-state index in [0.717, 1.165) is 16.4 Å². The molecule has 0 radical (unpaired) electrons. The normalized spacial score (nSPS) is 19.6. The van der Waals surface area contributed by atoms with E-state index >= 15 is 0 Å². The Morgan fingerprint density at radius 1 is 1.34 bits per heavy atom. The Labute approximate surface area is 226 Å². The standard InChI is InChI=1S/C22H27N7O7S2/c1-7-11-9-37-19-14(18(32)29(19)15(11)20(33)34)24-17(31)13(26-35-8-12(30)36-22(2,3)4)16-25-21(38-27-16)23-10-28(5)6/h7,10,14,19H,1,8-9H2,2-6H3,(H,24,31)(H,33,34)/t14?,19-/m0/s1. The fraction of sp³-hybridized carbons (Fsp3) is 0.455. The molecule has 0 bridgehead atoms. The van der Waals surface area contributed by atoms with Gasteiger partial charge >= 0.3 is 11.9 Å². The number of carboxylic acids is 1. The summed E-state index contributed by atoms with van der Waals surface area (Å²) < 4.78 is 9.25. The highest BCUT2D eigenvalue weighted by molar-refractivity contribution is 8.00. The Morgan fingerprint density at radius 3 is 2.66 bits per heavy atom. The molecule has 204 valence electrons. The SMILES string of the molecule is C=CC1=C(C(=O)O)N2C(=O)C(NC(=O)C(=NOCC(=O)OC(C)(C)C)c3nsc(N=CN(C)C)n3)[C@@H]2SC1. The van der Waals surface area contributed by atoms with Crippen molar-refractivity contribution in [3.8, 4) is 0 Å². The maximum atomic E-state index is 13.2. The summed E-state index contributed by atoms with van der Waals surface area (Å²) in [5.41, 5.74) is -0.905. The van der Waals surface area contributed by atoms with Gasteiger partial charge in [0.05, 0.1) is 6.34 Å². The molecule has 38 heavy (non-hydrogen) atoms. The number of hydrogen-bond donors (Lipinski definition) is 2. The number of oxime groups is 1. The first kappa shape index (κ1) is 28.8. The summed E-state index contributed by atoms with van der Waals surface area (Å²) >= 11 is 2.18. The first-order valence-electron chi connectivity index (χ1n) is 11.1. The highest BCUT2D eigenvalue weighted by atomic mass is 32.2. The van der Waals surface area contributed by atoms with E-state index in [1.807, 2.05) is 0 Å². The van der Waals surface area contributed by atoms with E-state index in [0.29, 0.717) is 11.3 Å². The molecule has 2 aliphatic rings. The number of rotatable bonds is 10. The molecule has 2 aliphatic heterocycles. The molecule has 0 saturated carbocycles. The number of β-lactam (4-membered cyclic amide) rings is 1. The summed E-state index contributed by atoms with van der Waals surface area (Å²) in [4.78, 5) is 65.9. The van der Waals surface area contributed by atoms with Gasteiger partial charge in [-0.1, -0.05) is 17.8 Å². The average molecular weight is 566 g/mol. The highest BCUT2D eigenvalue weighted by Gasteiger charge is 2.54. The van der Waals surface area contributed by atoms with Crippen molar-refractivity contribution in [1.82, 2.24) is 24.5 Å². The second-order valence-corrected chi connectivity index (χ2v) is 11.0. The number of carbonyl (C=O) groups excluding carboxylic acids is 3. The molecule has 0 spiro atoms. The number of allylic oxidation sites excluding steroid dienone is 1. The number of fused-ring (bicyclic) bond motifs is 1. The number of amides is 2. The predicted octanol–water partition coefficient (Wildman–Crippen LogP) is 0.747. The van der Waals surface area contributed by atoms with Gasteiger partial charge in [0.1, 0.15) is 22.7 Å². The van der Waals surface area contributed by atoms with Gasteiger partial charge in [0.25, 0.3) is 11.8 Å². The minimum Gasteiger partial charge on any atom is -0.477 e. The van der Waals surface area contributed by atoms with Crippen molar-refractivity contribution in [3.05, 3.63) is 29.7 Å². The molecule has 1 aromatic rings. The number of thioether (sulfide) groups is 1. The van der Waals surface area contributed by atoms with Crippen molar-refractivity contribution >= 4 is 64.2 Å². The number of nitrogens with zero attached hydrogens (tertiary/aromatic N) is 6. The monoisotopic (exact) mass is 565 g/mol. The zero-order valence-corrected chi connectivity index (χ0v) is 23.0. The Morgan fingerprint density at radius 2 is 2.05 bits per heavy atom. The number of carboxylic acid groups (broad SMARTS) is 1. The van der Waals surface area contributed by atoms with Gasteiger partial charge in [0.15, 0.2) is 0 Å². The van der Waals surface area contributed by atoms with Crippen molar-refractivity contribution in [2.45, 2.75) is 37.8 Å². The molecule has 16 heteroatoms. The van der Waals surface area contributed by atoms with Crippen molar-refractivity contribution in [1.29, 1.82) is 0 Å². The summed E-state index contributed by atoms with van der Waals surface area (Å²) in [6, 6.07) is -1.03. The van der Waals surface area contributed by atoms with Gasteiger partial charge in [-0.2, -0.15) is 9.36 Å². The first-order chi connectivity index (χ1) is 17.8. The predicted molar refractivity (Wildman–Crippen MR) is 140 cm³/mol. The third-order valence-corrected chi connectivity index (χ3v) is 6.66. The van der Waals surface area contributed by atoms with Crippen molar-refractivity contribution in [3.63, 3.8) is 0 Å². The highest BCUT2D eigenvalue weighted by Crippen LogP contribution is 2.40. The Balaban J connectivity index is 1.81. The lowest BCUT2D eigenvalue weighted by atomic mass is 10.0. The molecule has 3 heterocycles. The molecule has 2 atom stereocenters. The van der Waals surface area contributed by atoms with Crippen LogP contribution in [0.4, 0.5) is 5.13 Å². The van der Waals surface area contributed by atoms with E-state index < -0.39 is 53.1 Å². The van der Waals surface area contributed by atoms with Gasteiger partial charge in [-0.25, -0.2) is 14.6 Å². The smallest absolute Gasteiger partial charge is 0.352 e. The van der Waals surface area contributed by atoms with Crippen molar-refractivity contribution in [2.75, 3.05) is 26.5 Å². The summed E-state index contributed by atoms with van der Waals surface area (Å²) in [6.07, 6.45) is 2.88. The molecule has 3 rings (SSSR count). The van der Waals surface area contributed by atoms with Gasteiger partial charge in [0, 0.05) is 31.4 Å². The van der Waals surface area contributed by atoms with E-state index in [9.17, 15) is 24.3 Å². The molecule has 2 N–H and O–H groups in total. The minimum atomic E-state index is -1.27. The Hall–Kier alpha value is -3.79. The molecule has 0 aliphatic carbocycles. The molecule has 2 amide bonds. The van der Waals surface area contributed by atoms with Gasteiger partial charge in [-0.15, -0.1) is 11.8 Å². The molecular formula is C22H27N7O7S2. The largest absolute Gasteiger partial charge is 0.477 e. The number of aromatic nitrogens is 2. The number of ether oxygens (including phenoxy) is 1. The quantitative estimate of drug-likeness (QED) is 0.135. The third-order valence-electron chi connectivity index (χ3n) is 4.73. The zero-order chi connectivity index (χ0) is 28.2. The molecule has 1 unspecified atom stereocenters.